The molecule has 1 heterocycles. The summed E-state index contributed by atoms with van der Waals surface area (Å²) >= 11 is 5.89. The summed E-state index contributed by atoms with van der Waals surface area (Å²) in [6.45, 7) is 3.73. The van der Waals surface area contributed by atoms with E-state index in [9.17, 15) is 14.7 Å². The van der Waals surface area contributed by atoms with E-state index in [2.05, 4.69) is 15.5 Å². The average molecular weight is 399 g/mol. The summed E-state index contributed by atoms with van der Waals surface area (Å²) in [6.07, 6.45) is 0.355. The quantitative estimate of drug-likeness (QED) is 0.453. The second-order valence-electron chi connectivity index (χ2n) is 6.11. The maximum Gasteiger partial charge on any atom is 0.335 e. The molecule has 0 aliphatic rings. The lowest BCUT2D eigenvalue weighted by molar-refractivity contribution is 0.429. The van der Waals surface area contributed by atoms with Gasteiger partial charge in [-0.2, -0.15) is 5.10 Å². The Morgan fingerprint density at radius 1 is 1.18 bits per heavy atom. The maximum absolute atomic E-state index is 12.4. The highest BCUT2D eigenvalue weighted by Crippen LogP contribution is 2.20. The van der Waals surface area contributed by atoms with Gasteiger partial charge in [-0.25, -0.2) is 9.36 Å². The number of aryl methyl sites for hydroxylation is 1. The monoisotopic (exact) mass is 398 g/mol. The van der Waals surface area contributed by atoms with Gasteiger partial charge in [-0.3, -0.25) is 15.2 Å². The zero-order valence-corrected chi connectivity index (χ0v) is 16.1. The smallest absolute Gasteiger partial charge is 0.335 e. The Morgan fingerprint density at radius 3 is 2.50 bits per heavy atom. The molecular formula is C20H19ClN4O3. The standard InChI is InChI=1S/C20H19ClN4O3/c1-3-15(23-24-16-7-5-4-6-12(16)2)17-18(26)22-20(28)25(19(17)27)14-10-8-13(21)9-11-14/h4-11,24,27H,3H2,1-2H3,(H,22,26,28). The minimum Gasteiger partial charge on any atom is -0.493 e. The Labute approximate surface area is 165 Å². The molecule has 0 aliphatic heterocycles. The van der Waals surface area contributed by atoms with Gasteiger partial charge in [0.05, 0.1) is 17.1 Å². The van der Waals surface area contributed by atoms with Gasteiger partial charge in [0, 0.05) is 5.02 Å². The van der Waals surface area contributed by atoms with Gasteiger partial charge in [0.2, 0.25) is 5.88 Å². The number of para-hydroxylation sites is 1. The lowest BCUT2D eigenvalue weighted by Crippen LogP contribution is -2.33. The van der Waals surface area contributed by atoms with Gasteiger partial charge in [-0.15, -0.1) is 0 Å². The fourth-order valence-electron chi connectivity index (χ4n) is 2.75. The summed E-state index contributed by atoms with van der Waals surface area (Å²) in [7, 11) is 0. The Morgan fingerprint density at radius 2 is 1.86 bits per heavy atom. The van der Waals surface area contributed by atoms with Crippen molar-refractivity contribution in [3.63, 3.8) is 0 Å². The highest BCUT2D eigenvalue weighted by atomic mass is 35.5. The number of nitrogens with one attached hydrogen (secondary N) is 2. The molecule has 2 aromatic carbocycles. The van der Waals surface area contributed by atoms with Gasteiger partial charge in [0.15, 0.2) is 0 Å². The van der Waals surface area contributed by atoms with Gasteiger partial charge in [0.25, 0.3) is 5.56 Å². The molecule has 28 heavy (non-hydrogen) atoms. The third kappa shape index (κ3) is 3.84. The average Bonchev–Trinajstić information content (AvgIpc) is 2.66. The minimum absolute atomic E-state index is 0.0712. The first-order valence-electron chi connectivity index (χ1n) is 8.65. The maximum atomic E-state index is 12.4. The van der Waals surface area contributed by atoms with Crippen LogP contribution in [-0.4, -0.2) is 20.4 Å². The molecular weight excluding hydrogens is 380 g/mol. The Hall–Kier alpha value is -3.32. The number of nitrogens with zero attached hydrogens (tertiary/aromatic N) is 2. The topological polar surface area (TPSA) is 99.5 Å². The third-order valence-corrected chi connectivity index (χ3v) is 4.50. The summed E-state index contributed by atoms with van der Waals surface area (Å²) in [6, 6.07) is 13.9. The van der Waals surface area contributed by atoms with E-state index in [1.54, 1.807) is 31.2 Å². The van der Waals surface area contributed by atoms with Crippen molar-refractivity contribution in [2.45, 2.75) is 20.3 Å². The molecule has 0 fully saturated rings. The van der Waals surface area contributed by atoms with Crippen molar-refractivity contribution >= 4 is 23.0 Å². The van der Waals surface area contributed by atoms with E-state index in [1.807, 2.05) is 31.2 Å². The predicted molar refractivity (Wildman–Crippen MR) is 111 cm³/mol. The normalized spacial score (nSPS) is 11.5. The molecule has 0 bridgehead atoms. The molecule has 0 aliphatic carbocycles. The first kappa shape index (κ1) is 19.4. The predicted octanol–water partition coefficient (Wildman–Crippen LogP) is 3.42. The summed E-state index contributed by atoms with van der Waals surface area (Å²) in [4.78, 5) is 26.9. The number of aromatic amines is 1. The summed E-state index contributed by atoms with van der Waals surface area (Å²) < 4.78 is 1.01. The van der Waals surface area contributed by atoms with E-state index in [0.29, 0.717) is 22.8 Å². The molecule has 0 saturated carbocycles. The zero-order valence-electron chi connectivity index (χ0n) is 15.4. The number of H-pyrrole nitrogens is 1. The largest absolute Gasteiger partial charge is 0.493 e. The highest BCUT2D eigenvalue weighted by Gasteiger charge is 2.19. The number of hydrazone groups is 1. The molecule has 1 aromatic heterocycles. The van der Waals surface area contributed by atoms with Crippen LogP contribution < -0.4 is 16.7 Å². The van der Waals surface area contributed by atoms with Crippen LogP contribution in [0.1, 0.15) is 24.5 Å². The number of aromatic nitrogens is 2. The van der Waals surface area contributed by atoms with Gasteiger partial charge >= 0.3 is 5.69 Å². The number of aromatic hydroxyl groups is 1. The lowest BCUT2D eigenvalue weighted by Gasteiger charge is -2.13. The second kappa shape index (κ2) is 8.14. The van der Waals surface area contributed by atoms with E-state index in [0.717, 1.165) is 15.8 Å². The fraction of sp³-hybridized carbons (Fsp3) is 0.150. The summed E-state index contributed by atoms with van der Waals surface area (Å²) in [5.74, 6) is -0.483. The third-order valence-electron chi connectivity index (χ3n) is 4.25. The SMILES string of the molecule is CCC(=NNc1ccccc1C)c1c(O)n(-c2ccc(Cl)cc2)c(=O)[nH]c1=O. The molecule has 0 spiro atoms. The molecule has 144 valence electrons. The van der Waals surface area contributed by atoms with Crippen LogP contribution in [0, 0.1) is 6.92 Å². The van der Waals surface area contributed by atoms with Crippen molar-refractivity contribution in [2.75, 3.05) is 5.43 Å². The molecule has 3 N–H and O–H groups in total. The molecule has 0 amide bonds. The molecule has 3 rings (SSSR count). The van der Waals surface area contributed by atoms with Gasteiger partial charge < -0.3 is 5.11 Å². The lowest BCUT2D eigenvalue weighted by atomic mass is 10.1. The van der Waals surface area contributed by atoms with Crippen LogP contribution in [0.2, 0.25) is 5.02 Å². The van der Waals surface area contributed by atoms with Crippen LogP contribution in [-0.2, 0) is 0 Å². The number of benzene rings is 2. The Bertz CT molecular complexity index is 1150. The number of anilines is 1. The first-order chi connectivity index (χ1) is 13.4. The van der Waals surface area contributed by atoms with E-state index in [-0.39, 0.29) is 5.56 Å². The molecule has 0 saturated heterocycles. The Balaban J connectivity index is 2.12. The van der Waals surface area contributed by atoms with Crippen molar-refractivity contribution in [3.8, 4) is 11.6 Å². The molecule has 3 aromatic rings. The van der Waals surface area contributed by atoms with E-state index in [4.69, 9.17) is 11.6 Å². The summed E-state index contributed by atoms with van der Waals surface area (Å²) in [5.41, 5.74) is 3.81. The van der Waals surface area contributed by atoms with Crippen molar-refractivity contribution in [1.82, 2.24) is 9.55 Å². The van der Waals surface area contributed by atoms with Crippen LogP contribution in [0.5, 0.6) is 5.88 Å². The van der Waals surface area contributed by atoms with E-state index < -0.39 is 17.1 Å². The Kier molecular flexibility index (Phi) is 5.65. The van der Waals surface area contributed by atoms with Crippen LogP contribution in [0.3, 0.4) is 0 Å². The second-order valence-corrected chi connectivity index (χ2v) is 6.54. The minimum atomic E-state index is -0.754. The zero-order chi connectivity index (χ0) is 20.3. The van der Waals surface area contributed by atoms with Crippen molar-refractivity contribution in [2.24, 2.45) is 5.10 Å². The number of hydrogen-bond acceptors (Lipinski definition) is 5. The van der Waals surface area contributed by atoms with Crippen LogP contribution in [0.4, 0.5) is 5.69 Å². The van der Waals surface area contributed by atoms with Crippen LogP contribution >= 0.6 is 11.6 Å². The molecule has 0 atom stereocenters. The molecule has 0 radical (unpaired) electrons. The molecule has 7 nitrogen and oxygen atoms in total. The number of halogens is 1. The van der Waals surface area contributed by atoms with Crippen molar-refractivity contribution in [1.29, 1.82) is 0 Å². The highest BCUT2D eigenvalue weighted by molar-refractivity contribution is 6.30. The van der Waals surface area contributed by atoms with Crippen LogP contribution in [0.25, 0.3) is 5.69 Å². The van der Waals surface area contributed by atoms with Crippen LogP contribution in [0.15, 0.2) is 63.2 Å². The number of rotatable bonds is 5. The fourth-order valence-corrected chi connectivity index (χ4v) is 2.88. The first-order valence-corrected chi connectivity index (χ1v) is 9.03. The number of hydrogen-bond donors (Lipinski definition) is 3. The van der Waals surface area contributed by atoms with Crippen molar-refractivity contribution in [3.05, 3.63) is 85.5 Å². The van der Waals surface area contributed by atoms with Gasteiger partial charge in [-0.1, -0.05) is 36.7 Å². The molecule has 0 unspecified atom stereocenters. The van der Waals surface area contributed by atoms with Gasteiger partial charge in [0.1, 0.15) is 5.56 Å². The van der Waals surface area contributed by atoms with E-state index in [1.165, 1.54) is 0 Å². The van der Waals surface area contributed by atoms with E-state index >= 15 is 0 Å². The molecule has 8 heteroatoms. The summed E-state index contributed by atoms with van der Waals surface area (Å²) in [5, 5.41) is 15.5. The van der Waals surface area contributed by atoms with Gasteiger partial charge in [-0.05, 0) is 49.2 Å². The van der Waals surface area contributed by atoms with Crippen molar-refractivity contribution < 1.29 is 5.11 Å².